The van der Waals surface area contributed by atoms with Gasteiger partial charge in [-0.2, -0.15) is 5.26 Å². The summed E-state index contributed by atoms with van der Waals surface area (Å²) in [6, 6.07) is 7.44. The first-order valence-electron chi connectivity index (χ1n) is 6.52. The minimum absolute atomic E-state index is 0.229. The number of fused-ring (bicyclic) bond motifs is 1. The van der Waals surface area contributed by atoms with Crippen LogP contribution in [0.4, 0.5) is 0 Å². The molecule has 4 nitrogen and oxygen atoms in total. The minimum atomic E-state index is -0.670. The Balaban J connectivity index is 2.49. The van der Waals surface area contributed by atoms with E-state index in [1.165, 1.54) is 0 Å². The molecular formula is C15H20N2O2. The Kier molecular flexibility index (Phi) is 3.53. The lowest BCUT2D eigenvalue weighted by molar-refractivity contribution is -0.0658. The van der Waals surface area contributed by atoms with Crippen molar-refractivity contribution >= 4 is 0 Å². The molecule has 1 aromatic rings. The van der Waals surface area contributed by atoms with Gasteiger partial charge < -0.3 is 15.2 Å². The summed E-state index contributed by atoms with van der Waals surface area (Å²) in [7, 11) is 0. The van der Waals surface area contributed by atoms with E-state index < -0.39 is 11.7 Å². The van der Waals surface area contributed by atoms with Gasteiger partial charge in [0.25, 0.3) is 0 Å². The van der Waals surface area contributed by atoms with Crippen molar-refractivity contribution in [2.75, 3.05) is 0 Å². The largest absolute Gasteiger partial charge is 0.485 e. The normalized spacial score (nSPS) is 24.5. The number of ether oxygens (including phenoxy) is 1. The van der Waals surface area contributed by atoms with Gasteiger partial charge in [0.2, 0.25) is 0 Å². The van der Waals surface area contributed by atoms with Gasteiger partial charge in [-0.3, -0.25) is 0 Å². The lowest BCUT2D eigenvalue weighted by Gasteiger charge is -2.43. The number of nitrogens with one attached hydrogen (secondary N) is 1. The maximum absolute atomic E-state index is 10.5. The Labute approximate surface area is 114 Å². The molecule has 0 bridgehead atoms. The Morgan fingerprint density at radius 1 is 1.42 bits per heavy atom. The summed E-state index contributed by atoms with van der Waals surface area (Å²) in [4.78, 5) is 0. The average molecular weight is 260 g/mol. The van der Waals surface area contributed by atoms with E-state index in [9.17, 15) is 5.11 Å². The van der Waals surface area contributed by atoms with Gasteiger partial charge in [0.05, 0.1) is 17.7 Å². The fourth-order valence-corrected chi connectivity index (χ4v) is 2.41. The van der Waals surface area contributed by atoms with Crippen molar-refractivity contribution in [3.05, 3.63) is 29.3 Å². The lowest BCUT2D eigenvalue weighted by atomic mass is 9.85. The number of benzene rings is 1. The molecule has 1 aromatic carbocycles. The summed E-state index contributed by atoms with van der Waals surface area (Å²) in [5.74, 6) is 0.729. The molecule has 0 fully saturated rings. The van der Waals surface area contributed by atoms with Crippen LogP contribution in [0, 0.1) is 11.3 Å². The van der Waals surface area contributed by atoms with Crippen LogP contribution in [0.5, 0.6) is 5.75 Å². The number of rotatable bonds is 2. The van der Waals surface area contributed by atoms with Crippen LogP contribution in [-0.4, -0.2) is 22.9 Å². The second-order valence-electron chi connectivity index (χ2n) is 5.81. The van der Waals surface area contributed by atoms with Gasteiger partial charge in [-0.1, -0.05) is 13.8 Å². The zero-order chi connectivity index (χ0) is 14.2. The van der Waals surface area contributed by atoms with E-state index in [4.69, 9.17) is 10.00 Å². The Morgan fingerprint density at radius 3 is 2.68 bits per heavy atom. The van der Waals surface area contributed by atoms with Gasteiger partial charge >= 0.3 is 0 Å². The first kappa shape index (κ1) is 13.9. The Morgan fingerprint density at radius 2 is 2.11 bits per heavy atom. The van der Waals surface area contributed by atoms with Crippen molar-refractivity contribution in [1.29, 1.82) is 5.26 Å². The fourth-order valence-electron chi connectivity index (χ4n) is 2.41. The van der Waals surface area contributed by atoms with Gasteiger partial charge in [-0.15, -0.1) is 0 Å². The lowest BCUT2D eigenvalue weighted by Crippen LogP contribution is -2.53. The SMILES string of the molecule is CC(C)N[C@@H]1c2cc(C#N)ccc2OC(C)(C)[C@H]1O. The van der Waals surface area contributed by atoms with Crippen LogP contribution in [0.15, 0.2) is 18.2 Å². The summed E-state index contributed by atoms with van der Waals surface area (Å²) in [5, 5.41) is 22.8. The number of hydrogen-bond acceptors (Lipinski definition) is 4. The highest BCUT2D eigenvalue weighted by Crippen LogP contribution is 2.40. The molecule has 0 saturated heterocycles. The van der Waals surface area contributed by atoms with Crippen molar-refractivity contribution < 1.29 is 9.84 Å². The molecule has 0 aliphatic carbocycles. The summed E-state index contributed by atoms with van der Waals surface area (Å²) in [6.07, 6.45) is -0.670. The van der Waals surface area contributed by atoms with Crippen LogP contribution in [-0.2, 0) is 0 Å². The first-order valence-corrected chi connectivity index (χ1v) is 6.52. The molecule has 0 aromatic heterocycles. The van der Waals surface area contributed by atoms with Crippen LogP contribution >= 0.6 is 0 Å². The van der Waals surface area contributed by atoms with Crippen molar-refractivity contribution in [1.82, 2.24) is 5.32 Å². The predicted octanol–water partition coefficient (Wildman–Crippen LogP) is 2.13. The zero-order valence-corrected chi connectivity index (χ0v) is 11.8. The number of nitriles is 1. The Hall–Kier alpha value is -1.57. The van der Waals surface area contributed by atoms with Gasteiger partial charge in [0, 0.05) is 11.6 Å². The van der Waals surface area contributed by atoms with E-state index in [-0.39, 0.29) is 12.1 Å². The average Bonchev–Trinajstić information content (AvgIpc) is 2.34. The van der Waals surface area contributed by atoms with Crippen molar-refractivity contribution in [3.8, 4) is 11.8 Å². The monoisotopic (exact) mass is 260 g/mol. The van der Waals surface area contributed by atoms with Crippen LogP contribution < -0.4 is 10.1 Å². The number of aliphatic hydroxyl groups is 1. The van der Waals surface area contributed by atoms with Gasteiger partial charge in [0.1, 0.15) is 17.5 Å². The summed E-state index contributed by atoms with van der Waals surface area (Å²) in [5.41, 5.74) is 0.762. The second-order valence-corrected chi connectivity index (χ2v) is 5.81. The highest BCUT2D eigenvalue weighted by atomic mass is 16.5. The summed E-state index contributed by atoms with van der Waals surface area (Å²) in [6.45, 7) is 7.80. The number of hydrogen-bond donors (Lipinski definition) is 2. The molecule has 0 unspecified atom stereocenters. The molecule has 1 heterocycles. The minimum Gasteiger partial charge on any atom is -0.485 e. The third kappa shape index (κ3) is 2.58. The van der Waals surface area contributed by atoms with Gasteiger partial charge in [-0.05, 0) is 32.0 Å². The van der Waals surface area contributed by atoms with Crippen LogP contribution in [0.25, 0.3) is 0 Å². The molecule has 0 spiro atoms. The highest BCUT2D eigenvalue weighted by Gasteiger charge is 2.42. The first-order chi connectivity index (χ1) is 8.85. The molecule has 2 N–H and O–H groups in total. The standard InChI is InChI=1S/C15H20N2O2/c1-9(2)17-13-11-7-10(8-16)5-6-12(11)19-15(3,4)14(13)18/h5-7,9,13-14,17-18H,1-4H3/t13-,14+/m1/s1. The van der Waals surface area contributed by atoms with E-state index in [0.717, 1.165) is 11.3 Å². The Bertz CT molecular complexity index is 517. The van der Waals surface area contributed by atoms with Gasteiger partial charge in [-0.25, -0.2) is 0 Å². The molecule has 19 heavy (non-hydrogen) atoms. The third-order valence-corrected chi connectivity index (χ3v) is 3.39. The molecular weight excluding hydrogens is 240 g/mol. The summed E-state index contributed by atoms with van der Waals surface area (Å²) < 4.78 is 5.84. The summed E-state index contributed by atoms with van der Waals surface area (Å²) >= 11 is 0. The van der Waals surface area contributed by atoms with Crippen LogP contribution in [0.1, 0.15) is 44.9 Å². The van der Waals surface area contributed by atoms with Crippen molar-refractivity contribution in [2.45, 2.75) is 51.5 Å². The molecule has 1 aliphatic rings. The number of nitrogens with zero attached hydrogens (tertiary/aromatic N) is 1. The van der Waals surface area contributed by atoms with Crippen LogP contribution in [0.3, 0.4) is 0 Å². The fraction of sp³-hybridized carbons (Fsp3) is 0.533. The van der Waals surface area contributed by atoms with E-state index in [0.29, 0.717) is 5.56 Å². The molecule has 102 valence electrons. The zero-order valence-electron chi connectivity index (χ0n) is 11.8. The topological polar surface area (TPSA) is 65.3 Å². The third-order valence-electron chi connectivity index (χ3n) is 3.39. The molecule has 0 saturated carbocycles. The van der Waals surface area contributed by atoms with Gasteiger partial charge in [0.15, 0.2) is 0 Å². The molecule has 0 radical (unpaired) electrons. The maximum atomic E-state index is 10.5. The molecule has 0 amide bonds. The van der Waals surface area contributed by atoms with E-state index in [1.807, 2.05) is 27.7 Å². The highest BCUT2D eigenvalue weighted by molar-refractivity contribution is 5.46. The predicted molar refractivity (Wildman–Crippen MR) is 72.9 cm³/mol. The van der Waals surface area contributed by atoms with E-state index >= 15 is 0 Å². The second kappa shape index (κ2) is 4.84. The maximum Gasteiger partial charge on any atom is 0.131 e. The molecule has 4 heteroatoms. The smallest absolute Gasteiger partial charge is 0.131 e. The van der Waals surface area contributed by atoms with E-state index in [2.05, 4.69) is 11.4 Å². The van der Waals surface area contributed by atoms with E-state index in [1.54, 1.807) is 18.2 Å². The molecule has 2 rings (SSSR count). The molecule has 1 aliphatic heterocycles. The van der Waals surface area contributed by atoms with Crippen molar-refractivity contribution in [3.63, 3.8) is 0 Å². The van der Waals surface area contributed by atoms with Crippen LogP contribution in [0.2, 0.25) is 0 Å². The quantitative estimate of drug-likeness (QED) is 0.855. The van der Waals surface area contributed by atoms with Crippen molar-refractivity contribution in [2.24, 2.45) is 0 Å². The number of aliphatic hydroxyl groups excluding tert-OH is 1. The molecule has 2 atom stereocenters.